The first kappa shape index (κ1) is 11.7. The fraction of sp³-hybridized carbons (Fsp3) is 0.375. The van der Waals surface area contributed by atoms with Gasteiger partial charge in [-0.15, -0.1) is 0 Å². The molecule has 1 fully saturated rings. The zero-order valence-electron chi connectivity index (χ0n) is 10.7. The van der Waals surface area contributed by atoms with Gasteiger partial charge in [-0.2, -0.15) is 0 Å². The Hall–Kier alpha value is -1.38. The average molecular weight is 241 g/mol. The molecule has 2 aromatic rings. The summed E-state index contributed by atoms with van der Waals surface area (Å²) in [6, 6.07) is 14.7. The van der Waals surface area contributed by atoms with Crippen LogP contribution in [0.15, 0.2) is 42.5 Å². The highest BCUT2D eigenvalue weighted by Crippen LogP contribution is 2.32. The molecule has 2 nitrogen and oxygen atoms in total. The van der Waals surface area contributed by atoms with E-state index in [1.54, 1.807) is 0 Å². The summed E-state index contributed by atoms with van der Waals surface area (Å²) in [5.74, 6) is 0. The van der Waals surface area contributed by atoms with Gasteiger partial charge in [0, 0.05) is 6.04 Å². The Balaban J connectivity index is 2.03. The first-order chi connectivity index (χ1) is 8.77. The van der Waals surface area contributed by atoms with Crippen molar-refractivity contribution in [2.24, 2.45) is 0 Å². The molecule has 0 radical (unpaired) electrons. The number of nitrogens with zero attached hydrogens (tertiary/aromatic N) is 1. The summed E-state index contributed by atoms with van der Waals surface area (Å²) in [6.45, 7) is 1.09. The van der Waals surface area contributed by atoms with Crippen molar-refractivity contribution in [1.82, 2.24) is 4.90 Å². The van der Waals surface area contributed by atoms with Crippen molar-refractivity contribution in [1.29, 1.82) is 0 Å². The first-order valence-electron chi connectivity index (χ1n) is 6.63. The molecule has 2 heteroatoms. The fourth-order valence-corrected chi connectivity index (χ4v) is 3.05. The van der Waals surface area contributed by atoms with E-state index in [4.69, 9.17) is 0 Å². The van der Waals surface area contributed by atoms with E-state index in [1.807, 2.05) is 18.2 Å². The molecule has 0 aromatic heterocycles. The van der Waals surface area contributed by atoms with Crippen LogP contribution in [0.4, 0.5) is 0 Å². The van der Waals surface area contributed by atoms with Gasteiger partial charge in [-0.05, 0) is 42.8 Å². The smallest absolute Gasteiger partial charge is 0.0951 e. The second-order valence-electron chi connectivity index (χ2n) is 5.20. The van der Waals surface area contributed by atoms with E-state index in [0.29, 0.717) is 0 Å². The molecule has 1 aliphatic heterocycles. The van der Waals surface area contributed by atoms with Crippen LogP contribution in [0.25, 0.3) is 10.8 Å². The molecule has 1 aliphatic rings. The van der Waals surface area contributed by atoms with Gasteiger partial charge in [0.15, 0.2) is 0 Å². The molecule has 2 atom stereocenters. The van der Waals surface area contributed by atoms with E-state index >= 15 is 0 Å². The predicted molar refractivity (Wildman–Crippen MR) is 74.6 cm³/mol. The van der Waals surface area contributed by atoms with Crippen LogP contribution < -0.4 is 0 Å². The van der Waals surface area contributed by atoms with E-state index in [9.17, 15) is 5.11 Å². The zero-order valence-corrected chi connectivity index (χ0v) is 10.7. The summed E-state index contributed by atoms with van der Waals surface area (Å²) in [5, 5.41) is 13.0. The largest absolute Gasteiger partial charge is 0.387 e. The number of hydrogen-bond donors (Lipinski definition) is 1. The van der Waals surface area contributed by atoms with E-state index < -0.39 is 0 Å². The third kappa shape index (κ3) is 1.92. The van der Waals surface area contributed by atoms with Crippen molar-refractivity contribution < 1.29 is 5.11 Å². The molecule has 0 aliphatic carbocycles. The van der Waals surface area contributed by atoms with Crippen molar-refractivity contribution in [3.8, 4) is 0 Å². The Kier molecular flexibility index (Phi) is 3.06. The number of aliphatic hydroxyl groups excluding tert-OH is 1. The van der Waals surface area contributed by atoms with E-state index in [0.717, 1.165) is 18.5 Å². The molecule has 94 valence electrons. The fourth-order valence-electron chi connectivity index (χ4n) is 3.05. The van der Waals surface area contributed by atoms with Crippen LogP contribution in [-0.4, -0.2) is 29.6 Å². The van der Waals surface area contributed by atoms with Crippen LogP contribution in [0.2, 0.25) is 0 Å². The van der Waals surface area contributed by atoms with Crippen LogP contribution in [0, 0.1) is 0 Å². The number of benzene rings is 2. The Labute approximate surface area is 108 Å². The van der Waals surface area contributed by atoms with Crippen molar-refractivity contribution in [3.05, 3.63) is 48.0 Å². The standard InChI is InChI=1S/C16H19NO/c1-17-11-5-10-15(17)16(18)14-9-4-7-12-6-2-3-8-13(12)14/h2-4,6-9,15-16,18H,5,10-11H2,1H3. The van der Waals surface area contributed by atoms with Gasteiger partial charge in [-0.3, -0.25) is 0 Å². The first-order valence-corrected chi connectivity index (χ1v) is 6.63. The minimum Gasteiger partial charge on any atom is -0.387 e. The van der Waals surface area contributed by atoms with Crippen LogP contribution in [0.5, 0.6) is 0 Å². The molecular formula is C16H19NO. The number of aliphatic hydroxyl groups is 1. The third-order valence-corrected chi connectivity index (χ3v) is 4.08. The SMILES string of the molecule is CN1CCCC1C(O)c1cccc2ccccc12. The Morgan fingerprint density at radius 2 is 1.94 bits per heavy atom. The van der Waals surface area contributed by atoms with Gasteiger partial charge in [-0.25, -0.2) is 0 Å². The number of hydrogen-bond acceptors (Lipinski definition) is 2. The topological polar surface area (TPSA) is 23.5 Å². The second-order valence-corrected chi connectivity index (χ2v) is 5.20. The molecule has 1 heterocycles. The molecule has 0 saturated carbocycles. The maximum atomic E-state index is 10.6. The van der Waals surface area contributed by atoms with Crippen LogP contribution in [0.3, 0.4) is 0 Å². The summed E-state index contributed by atoms with van der Waals surface area (Å²) >= 11 is 0. The molecule has 2 aromatic carbocycles. The summed E-state index contributed by atoms with van der Waals surface area (Å²) in [7, 11) is 2.10. The van der Waals surface area contributed by atoms with Gasteiger partial charge < -0.3 is 10.0 Å². The van der Waals surface area contributed by atoms with Gasteiger partial charge in [0.1, 0.15) is 0 Å². The van der Waals surface area contributed by atoms with Gasteiger partial charge >= 0.3 is 0 Å². The Morgan fingerprint density at radius 3 is 2.72 bits per heavy atom. The predicted octanol–water partition coefficient (Wildman–Crippen LogP) is 2.97. The minimum atomic E-state index is -0.386. The van der Waals surface area contributed by atoms with E-state index in [2.05, 4.69) is 36.2 Å². The Morgan fingerprint density at radius 1 is 1.17 bits per heavy atom. The highest BCUT2D eigenvalue weighted by atomic mass is 16.3. The van der Waals surface area contributed by atoms with Crippen molar-refractivity contribution in [2.75, 3.05) is 13.6 Å². The molecule has 2 unspecified atom stereocenters. The molecule has 18 heavy (non-hydrogen) atoms. The highest BCUT2D eigenvalue weighted by molar-refractivity contribution is 5.86. The van der Waals surface area contributed by atoms with Crippen LogP contribution >= 0.6 is 0 Å². The van der Waals surface area contributed by atoms with Gasteiger partial charge in [0.2, 0.25) is 0 Å². The average Bonchev–Trinajstić information content (AvgIpc) is 2.83. The second kappa shape index (κ2) is 4.71. The van der Waals surface area contributed by atoms with E-state index in [1.165, 1.54) is 17.2 Å². The van der Waals surface area contributed by atoms with Crippen LogP contribution in [-0.2, 0) is 0 Å². The third-order valence-electron chi connectivity index (χ3n) is 4.08. The minimum absolute atomic E-state index is 0.260. The summed E-state index contributed by atoms with van der Waals surface area (Å²) in [4.78, 5) is 2.27. The van der Waals surface area contributed by atoms with E-state index in [-0.39, 0.29) is 12.1 Å². The molecule has 0 spiro atoms. The Bertz CT molecular complexity index is 546. The molecule has 0 amide bonds. The lowest BCUT2D eigenvalue weighted by atomic mass is 9.95. The lowest BCUT2D eigenvalue weighted by Crippen LogP contribution is -2.31. The zero-order chi connectivity index (χ0) is 12.5. The van der Waals surface area contributed by atoms with Gasteiger partial charge in [0.25, 0.3) is 0 Å². The van der Waals surface area contributed by atoms with Crippen LogP contribution in [0.1, 0.15) is 24.5 Å². The maximum absolute atomic E-state index is 10.6. The lowest BCUT2D eigenvalue weighted by Gasteiger charge is -2.26. The van der Waals surface area contributed by atoms with Gasteiger partial charge in [-0.1, -0.05) is 42.5 Å². The lowest BCUT2D eigenvalue weighted by molar-refractivity contribution is 0.0868. The summed E-state index contributed by atoms with van der Waals surface area (Å²) in [5.41, 5.74) is 1.06. The summed E-state index contributed by atoms with van der Waals surface area (Å²) in [6.07, 6.45) is 1.88. The molecular weight excluding hydrogens is 222 g/mol. The highest BCUT2D eigenvalue weighted by Gasteiger charge is 2.29. The quantitative estimate of drug-likeness (QED) is 0.873. The maximum Gasteiger partial charge on any atom is 0.0951 e. The summed E-state index contributed by atoms with van der Waals surface area (Å²) < 4.78 is 0. The molecule has 3 rings (SSSR count). The van der Waals surface area contributed by atoms with Gasteiger partial charge in [0.05, 0.1) is 6.10 Å². The monoisotopic (exact) mass is 241 g/mol. The van der Waals surface area contributed by atoms with Crippen molar-refractivity contribution >= 4 is 10.8 Å². The van der Waals surface area contributed by atoms with Crippen molar-refractivity contribution in [2.45, 2.75) is 25.0 Å². The van der Waals surface area contributed by atoms with Crippen molar-refractivity contribution in [3.63, 3.8) is 0 Å². The number of likely N-dealkylation sites (N-methyl/N-ethyl adjacent to an activating group) is 1. The molecule has 0 bridgehead atoms. The molecule has 1 N–H and O–H groups in total. The normalized spacial score (nSPS) is 22.4. The molecule has 1 saturated heterocycles. The number of fused-ring (bicyclic) bond motifs is 1. The number of likely N-dealkylation sites (tertiary alicyclic amines) is 1. The number of rotatable bonds is 2.